The van der Waals surface area contributed by atoms with Crippen molar-refractivity contribution in [3.05, 3.63) is 41.5 Å². The zero-order valence-corrected chi connectivity index (χ0v) is 11.1. The van der Waals surface area contributed by atoms with Crippen LogP contribution in [0.25, 0.3) is 6.08 Å². The third kappa shape index (κ3) is 3.93. The number of amides is 1. The summed E-state index contributed by atoms with van der Waals surface area (Å²) < 4.78 is 5.17. The lowest BCUT2D eigenvalue weighted by molar-refractivity contribution is -0.138. The highest BCUT2D eigenvalue weighted by Crippen LogP contribution is 2.12. The van der Waals surface area contributed by atoms with Gasteiger partial charge in [0.15, 0.2) is 0 Å². The number of carbonyl (C=O) groups is 2. The van der Waals surface area contributed by atoms with E-state index in [2.05, 4.69) is 0 Å². The maximum atomic E-state index is 12.1. The fourth-order valence-electron chi connectivity index (χ4n) is 2.03. The lowest BCUT2D eigenvalue weighted by Gasteiger charge is -2.26. The number of carboxylic acid groups (broad SMARTS) is 1. The number of morpholine rings is 1. The normalized spacial score (nSPS) is 16.0. The van der Waals surface area contributed by atoms with Crippen molar-refractivity contribution in [2.75, 3.05) is 26.3 Å². The van der Waals surface area contributed by atoms with Crippen molar-refractivity contribution in [1.82, 2.24) is 4.90 Å². The van der Waals surface area contributed by atoms with Crippen LogP contribution in [-0.2, 0) is 14.3 Å². The molecule has 1 N–H and O–H groups in total. The number of ether oxygens (including phenoxy) is 1. The third-order valence-electron chi connectivity index (χ3n) is 3.12. The summed E-state index contributed by atoms with van der Waals surface area (Å²) in [6.45, 7) is 2.07. The molecule has 1 aromatic carbocycles. The van der Waals surface area contributed by atoms with Crippen molar-refractivity contribution < 1.29 is 19.4 Å². The van der Waals surface area contributed by atoms with E-state index in [-0.39, 0.29) is 17.9 Å². The van der Waals surface area contributed by atoms with E-state index in [0.29, 0.717) is 26.3 Å². The monoisotopic (exact) mass is 275 g/mol. The van der Waals surface area contributed by atoms with Crippen LogP contribution in [0.3, 0.4) is 0 Å². The summed E-state index contributed by atoms with van der Waals surface area (Å²) in [5.41, 5.74) is 0.882. The predicted octanol–water partition coefficient (Wildman–Crippen LogP) is 1.40. The molecule has 0 spiro atoms. The van der Waals surface area contributed by atoms with Gasteiger partial charge in [0.2, 0.25) is 5.91 Å². The molecule has 1 heterocycles. The van der Waals surface area contributed by atoms with Gasteiger partial charge in [0.1, 0.15) is 0 Å². The van der Waals surface area contributed by atoms with E-state index in [9.17, 15) is 14.7 Å². The Morgan fingerprint density at radius 2 is 1.85 bits per heavy atom. The van der Waals surface area contributed by atoms with Gasteiger partial charge in [-0.05, 0) is 11.6 Å². The third-order valence-corrected chi connectivity index (χ3v) is 3.12. The highest BCUT2D eigenvalue weighted by Gasteiger charge is 2.20. The van der Waals surface area contributed by atoms with Crippen molar-refractivity contribution >= 4 is 18.0 Å². The molecule has 1 fully saturated rings. The Balaban J connectivity index is 2.08. The molecule has 0 saturated carbocycles. The molecule has 2 rings (SSSR count). The second-order valence-corrected chi connectivity index (χ2v) is 4.56. The first-order valence-electron chi connectivity index (χ1n) is 6.51. The van der Waals surface area contributed by atoms with E-state index < -0.39 is 5.97 Å². The average molecular weight is 275 g/mol. The van der Waals surface area contributed by atoms with E-state index in [0.717, 1.165) is 5.56 Å². The molecule has 0 atom stereocenters. The molecule has 0 unspecified atom stereocenters. The first-order valence-corrected chi connectivity index (χ1v) is 6.51. The summed E-state index contributed by atoms with van der Waals surface area (Å²) in [7, 11) is 0. The molecule has 1 aliphatic heterocycles. The molecular weight excluding hydrogens is 258 g/mol. The molecule has 0 aliphatic carbocycles. The Morgan fingerprint density at radius 3 is 2.45 bits per heavy atom. The van der Waals surface area contributed by atoms with Crippen LogP contribution in [0, 0.1) is 0 Å². The number of hydrogen-bond donors (Lipinski definition) is 1. The largest absolute Gasteiger partial charge is 0.478 e. The van der Waals surface area contributed by atoms with Crippen molar-refractivity contribution in [3.63, 3.8) is 0 Å². The number of nitrogens with zero attached hydrogens (tertiary/aromatic N) is 1. The van der Waals surface area contributed by atoms with Gasteiger partial charge in [-0.3, -0.25) is 4.79 Å². The topological polar surface area (TPSA) is 66.8 Å². The van der Waals surface area contributed by atoms with Crippen molar-refractivity contribution in [1.29, 1.82) is 0 Å². The molecule has 0 aromatic heterocycles. The van der Waals surface area contributed by atoms with Crippen LogP contribution in [-0.4, -0.2) is 48.2 Å². The number of benzene rings is 1. The van der Waals surface area contributed by atoms with Gasteiger partial charge in [0.25, 0.3) is 0 Å². The zero-order chi connectivity index (χ0) is 14.4. The minimum Gasteiger partial charge on any atom is -0.478 e. The van der Waals surface area contributed by atoms with E-state index >= 15 is 0 Å². The first kappa shape index (κ1) is 14.3. The smallest absolute Gasteiger partial charge is 0.332 e. The van der Waals surface area contributed by atoms with Crippen LogP contribution in [0.1, 0.15) is 12.0 Å². The van der Waals surface area contributed by atoms with E-state index in [1.165, 1.54) is 0 Å². The van der Waals surface area contributed by atoms with Crippen LogP contribution in [0.5, 0.6) is 0 Å². The minimum absolute atomic E-state index is 0.0930. The highest BCUT2D eigenvalue weighted by molar-refractivity contribution is 5.98. The van der Waals surface area contributed by atoms with E-state index in [4.69, 9.17) is 4.74 Å². The number of carbonyl (C=O) groups excluding carboxylic acids is 1. The van der Waals surface area contributed by atoms with Gasteiger partial charge < -0.3 is 14.7 Å². The minimum atomic E-state index is -1.06. The van der Waals surface area contributed by atoms with Crippen molar-refractivity contribution in [2.45, 2.75) is 6.42 Å². The first-order chi connectivity index (χ1) is 9.66. The van der Waals surface area contributed by atoms with Crippen LogP contribution < -0.4 is 0 Å². The Kier molecular flexibility index (Phi) is 4.90. The van der Waals surface area contributed by atoms with Crippen LogP contribution in [0.4, 0.5) is 0 Å². The molecule has 1 aromatic rings. The molecular formula is C15H17NO4. The molecule has 1 saturated heterocycles. The molecule has 5 nitrogen and oxygen atoms in total. The van der Waals surface area contributed by atoms with Gasteiger partial charge in [-0.2, -0.15) is 0 Å². The van der Waals surface area contributed by atoms with Gasteiger partial charge in [-0.15, -0.1) is 0 Å². The van der Waals surface area contributed by atoms with Gasteiger partial charge >= 0.3 is 5.97 Å². The molecule has 1 amide bonds. The fraction of sp³-hybridized carbons (Fsp3) is 0.333. The summed E-state index contributed by atoms with van der Waals surface area (Å²) in [5, 5.41) is 9.22. The second-order valence-electron chi connectivity index (χ2n) is 4.56. The van der Waals surface area contributed by atoms with E-state index in [1.54, 1.807) is 11.0 Å². The molecule has 0 bridgehead atoms. The maximum absolute atomic E-state index is 12.1. The number of aliphatic carboxylic acids is 1. The fourth-order valence-corrected chi connectivity index (χ4v) is 2.03. The SMILES string of the molecule is O=C(O)C(=Cc1ccccc1)CC(=O)N1CCOCC1. The summed E-state index contributed by atoms with van der Waals surface area (Å²) in [4.78, 5) is 25.0. The Bertz CT molecular complexity index is 504. The van der Waals surface area contributed by atoms with Gasteiger partial charge in [-0.1, -0.05) is 30.3 Å². The summed E-state index contributed by atoms with van der Waals surface area (Å²) in [6.07, 6.45) is 1.45. The maximum Gasteiger partial charge on any atom is 0.332 e. The Labute approximate surface area is 117 Å². The quantitative estimate of drug-likeness (QED) is 0.844. The van der Waals surface area contributed by atoms with Crippen molar-refractivity contribution in [3.8, 4) is 0 Å². The number of rotatable bonds is 4. The summed E-state index contributed by atoms with van der Waals surface area (Å²) >= 11 is 0. The van der Waals surface area contributed by atoms with E-state index in [1.807, 2.05) is 30.3 Å². The van der Waals surface area contributed by atoms with Crippen LogP contribution in [0.2, 0.25) is 0 Å². The van der Waals surface area contributed by atoms with Crippen LogP contribution in [0.15, 0.2) is 35.9 Å². The van der Waals surface area contributed by atoms with Gasteiger partial charge in [-0.25, -0.2) is 4.79 Å². The molecule has 106 valence electrons. The van der Waals surface area contributed by atoms with Gasteiger partial charge in [0.05, 0.1) is 19.6 Å². The summed E-state index contributed by atoms with van der Waals surface area (Å²) in [6, 6.07) is 9.13. The molecule has 20 heavy (non-hydrogen) atoms. The Hall–Kier alpha value is -2.14. The Morgan fingerprint density at radius 1 is 1.20 bits per heavy atom. The average Bonchev–Trinajstić information content (AvgIpc) is 2.48. The highest BCUT2D eigenvalue weighted by atomic mass is 16.5. The second kappa shape index (κ2) is 6.86. The predicted molar refractivity (Wildman–Crippen MR) is 74.1 cm³/mol. The molecule has 0 radical (unpaired) electrons. The standard InChI is InChI=1S/C15H17NO4/c17-14(16-6-8-20-9-7-16)11-13(15(18)19)10-12-4-2-1-3-5-12/h1-5,10H,6-9,11H2,(H,18,19). The number of carboxylic acids is 1. The molecule has 5 heteroatoms. The van der Waals surface area contributed by atoms with Crippen LogP contribution >= 0.6 is 0 Å². The van der Waals surface area contributed by atoms with Crippen molar-refractivity contribution in [2.24, 2.45) is 0 Å². The summed E-state index contributed by atoms with van der Waals surface area (Å²) in [5.74, 6) is -1.23. The number of hydrogen-bond acceptors (Lipinski definition) is 3. The lowest BCUT2D eigenvalue weighted by Crippen LogP contribution is -2.41. The molecule has 1 aliphatic rings. The zero-order valence-electron chi connectivity index (χ0n) is 11.1. The van der Waals surface area contributed by atoms with Gasteiger partial charge in [0, 0.05) is 18.7 Å². The lowest BCUT2D eigenvalue weighted by atomic mass is 10.1.